The minimum Gasteiger partial charge on any atom is -0.308 e. The lowest BCUT2D eigenvalue weighted by atomic mass is 10.1. The van der Waals surface area contributed by atoms with Crippen LogP contribution >= 0.6 is 0 Å². The molecule has 2 rings (SSSR count). The van der Waals surface area contributed by atoms with Crippen molar-refractivity contribution in [3.63, 3.8) is 0 Å². The summed E-state index contributed by atoms with van der Waals surface area (Å²) in [6.07, 6.45) is 0. The molecule has 0 radical (unpaired) electrons. The highest BCUT2D eigenvalue weighted by atomic mass is 19.1. The Morgan fingerprint density at radius 2 is 1.63 bits per heavy atom. The molecule has 0 amide bonds. The molecule has 0 spiro atoms. The van der Waals surface area contributed by atoms with Gasteiger partial charge in [-0.2, -0.15) is 0 Å². The molecule has 19 heavy (non-hydrogen) atoms. The second-order valence-electron chi connectivity index (χ2n) is 4.77. The Labute approximate surface area is 112 Å². The smallest absolute Gasteiger partial charge is 0.127 e. The number of nitrogens with one attached hydrogen (secondary N) is 1. The molecular formula is C16H17F2N. The van der Waals surface area contributed by atoms with Gasteiger partial charge in [-0.15, -0.1) is 0 Å². The average Bonchev–Trinajstić information content (AvgIpc) is 2.38. The highest BCUT2D eigenvalue weighted by Gasteiger charge is 2.04. The highest BCUT2D eigenvalue weighted by Crippen LogP contribution is 2.12. The molecule has 3 heteroatoms. The average molecular weight is 261 g/mol. The van der Waals surface area contributed by atoms with Gasteiger partial charge in [-0.25, -0.2) is 8.78 Å². The summed E-state index contributed by atoms with van der Waals surface area (Å²) in [5.74, 6) is -0.792. The van der Waals surface area contributed by atoms with Crippen LogP contribution in [0.4, 0.5) is 8.78 Å². The van der Waals surface area contributed by atoms with Gasteiger partial charge in [0, 0.05) is 18.7 Å². The van der Waals surface area contributed by atoms with Gasteiger partial charge in [-0.1, -0.05) is 23.8 Å². The van der Waals surface area contributed by atoms with Crippen molar-refractivity contribution in [2.24, 2.45) is 0 Å². The third kappa shape index (κ3) is 3.61. The van der Waals surface area contributed by atoms with E-state index in [-0.39, 0.29) is 5.82 Å². The monoisotopic (exact) mass is 261 g/mol. The predicted octanol–water partition coefficient (Wildman–Crippen LogP) is 3.87. The zero-order valence-electron chi connectivity index (χ0n) is 11.1. The molecule has 0 heterocycles. The molecule has 0 bridgehead atoms. The van der Waals surface area contributed by atoms with Crippen LogP contribution in [0.15, 0.2) is 36.4 Å². The number of rotatable bonds is 4. The molecule has 0 saturated heterocycles. The van der Waals surface area contributed by atoms with Gasteiger partial charge < -0.3 is 5.32 Å². The first-order valence-corrected chi connectivity index (χ1v) is 6.27. The standard InChI is InChI=1S/C16H17F2N/c1-11-3-4-12(2)13(7-11)9-19-10-14-8-15(17)5-6-16(14)18/h3-8,19H,9-10H2,1-2H3. The van der Waals surface area contributed by atoms with E-state index in [2.05, 4.69) is 23.5 Å². The van der Waals surface area contributed by atoms with Crippen LogP contribution in [-0.2, 0) is 13.1 Å². The van der Waals surface area contributed by atoms with E-state index in [1.165, 1.54) is 22.8 Å². The molecule has 1 N–H and O–H groups in total. The SMILES string of the molecule is Cc1ccc(C)c(CNCc2cc(F)ccc2F)c1. The molecule has 1 nitrogen and oxygen atoms in total. The molecule has 0 aromatic heterocycles. The van der Waals surface area contributed by atoms with E-state index < -0.39 is 5.82 Å². The molecule has 0 aliphatic rings. The Morgan fingerprint density at radius 3 is 2.42 bits per heavy atom. The van der Waals surface area contributed by atoms with Gasteiger partial charge in [0.05, 0.1) is 0 Å². The maximum Gasteiger partial charge on any atom is 0.127 e. The van der Waals surface area contributed by atoms with Gasteiger partial charge in [-0.3, -0.25) is 0 Å². The Balaban J connectivity index is 2.00. The lowest BCUT2D eigenvalue weighted by Gasteiger charge is -2.09. The van der Waals surface area contributed by atoms with E-state index >= 15 is 0 Å². The summed E-state index contributed by atoms with van der Waals surface area (Å²) in [6, 6.07) is 9.74. The van der Waals surface area contributed by atoms with Crippen LogP contribution in [0, 0.1) is 25.5 Å². The molecule has 0 saturated carbocycles. The van der Waals surface area contributed by atoms with Crippen LogP contribution in [-0.4, -0.2) is 0 Å². The highest BCUT2D eigenvalue weighted by molar-refractivity contribution is 5.30. The van der Waals surface area contributed by atoms with Crippen molar-refractivity contribution < 1.29 is 8.78 Å². The van der Waals surface area contributed by atoms with Crippen LogP contribution in [0.2, 0.25) is 0 Å². The van der Waals surface area contributed by atoms with Crippen LogP contribution in [0.5, 0.6) is 0 Å². The van der Waals surface area contributed by atoms with Crippen molar-refractivity contribution in [3.8, 4) is 0 Å². The first-order valence-electron chi connectivity index (χ1n) is 6.27. The van der Waals surface area contributed by atoms with Crippen molar-refractivity contribution in [2.75, 3.05) is 0 Å². The third-order valence-electron chi connectivity index (χ3n) is 3.14. The molecule has 0 unspecified atom stereocenters. The van der Waals surface area contributed by atoms with Crippen molar-refractivity contribution in [1.82, 2.24) is 5.32 Å². The van der Waals surface area contributed by atoms with Gasteiger partial charge in [-0.05, 0) is 43.2 Å². The lowest BCUT2D eigenvalue weighted by Crippen LogP contribution is -2.14. The fraction of sp³-hybridized carbons (Fsp3) is 0.250. The van der Waals surface area contributed by atoms with E-state index in [1.54, 1.807) is 0 Å². The molecular weight excluding hydrogens is 244 g/mol. The fourth-order valence-corrected chi connectivity index (χ4v) is 2.00. The summed E-state index contributed by atoms with van der Waals surface area (Å²) in [7, 11) is 0. The van der Waals surface area contributed by atoms with Crippen LogP contribution in [0.1, 0.15) is 22.3 Å². The molecule has 2 aromatic carbocycles. The fourth-order valence-electron chi connectivity index (χ4n) is 2.00. The lowest BCUT2D eigenvalue weighted by molar-refractivity contribution is 0.568. The molecule has 0 aliphatic heterocycles. The maximum atomic E-state index is 13.4. The Morgan fingerprint density at radius 1 is 0.895 bits per heavy atom. The minimum absolute atomic E-state index is 0.316. The summed E-state index contributed by atoms with van der Waals surface area (Å²) in [4.78, 5) is 0. The Kier molecular flexibility index (Phi) is 4.27. The third-order valence-corrected chi connectivity index (χ3v) is 3.14. The van der Waals surface area contributed by atoms with E-state index in [0.29, 0.717) is 18.7 Å². The molecule has 100 valence electrons. The van der Waals surface area contributed by atoms with Crippen molar-refractivity contribution in [3.05, 3.63) is 70.3 Å². The van der Waals surface area contributed by atoms with E-state index in [0.717, 1.165) is 12.1 Å². The Bertz CT molecular complexity index is 527. The van der Waals surface area contributed by atoms with E-state index in [9.17, 15) is 8.78 Å². The maximum absolute atomic E-state index is 13.4. The largest absolute Gasteiger partial charge is 0.308 e. The van der Waals surface area contributed by atoms with Crippen molar-refractivity contribution in [2.45, 2.75) is 26.9 Å². The van der Waals surface area contributed by atoms with Crippen LogP contribution < -0.4 is 5.32 Å². The van der Waals surface area contributed by atoms with Gasteiger partial charge in [0.1, 0.15) is 11.6 Å². The van der Waals surface area contributed by atoms with Crippen LogP contribution in [0.3, 0.4) is 0 Å². The van der Waals surface area contributed by atoms with E-state index in [1.807, 2.05) is 13.8 Å². The van der Waals surface area contributed by atoms with Crippen molar-refractivity contribution >= 4 is 0 Å². The van der Waals surface area contributed by atoms with Gasteiger partial charge in [0.15, 0.2) is 0 Å². The topological polar surface area (TPSA) is 12.0 Å². The van der Waals surface area contributed by atoms with Gasteiger partial charge >= 0.3 is 0 Å². The summed E-state index contributed by atoms with van der Waals surface area (Å²) in [5.41, 5.74) is 3.92. The Hall–Kier alpha value is -1.74. The van der Waals surface area contributed by atoms with Crippen molar-refractivity contribution in [1.29, 1.82) is 0 Å². The number of hydrogen-bond acceptors (Lipinski definition) is 1. The second-order valence-corrected chi connectivity index (χ2v) is 4.77. The zero-order valence-corrected chi connectivity index (χ0v) is 11.1. The number of halogens is 2. The normalized spacial score (nSPS) is 10.7. The summed E-state index contributed by atoms with van der Waals surface area (Å²) >= 11 is 0. The first-order chi connectivity index (χ1) is 9.06. The summed E-state index contributed by atoms with van der Waals surface area (Å²) in [5, 5.41) is 3.15. The van der Waals surface area contributed by atoms with Gasteiger partial charge in [0.2, 0.25) is 0 Å². The molecule has 0 fully saturated rings. The first kappa shape index (κ1) is 13.7. The molecule has 2 aromatic rings. The summed E-state index contributed by atoms with van der Waals surface area (Å²) < 4.78 is 26.5. The number of hydrogen-bond donors (Lipinski definition) is 1. The summed E-state index contributed by atoms with van der Waals surface area (Å²) in [6.45, 7) is 5.04. The number of aryl methyl sites for hydroxylation is 2. The quantitative estimate of drug-likeness (QED) is 0.881. The number of benzene rings is 2. The van der Waals surface area contributed by atoms with E-state index in [4.69, 9.17) is 0 Å². The minimum atomic E-state index is -0.412. The second kappa shape index (κ2) is 5.93. The zero-order chi connectivity index (χ0) is 13.8. The van der Waals surface area contributed by atoms with Crippen LogP contribution in [0.25, 0.3) is 0 Å². The predicted molar refractivity (Wildman–Crippen MR) is 72.8 cm³/mol. The van der Waals surface area contributed by atoms with Gasteiger partial charge in [0.25, 0.3) is 0 Å². The molecule has 0 atom stereocenters. The molecule has 0 aliphatic carbocycles.